The van der Waals surface area contributed by atoms with Crippen molar-refractivity contribution in [3.05, 3.63) is 48.4 Å². The number of hydrogen-bond donors (Lipinski definition) is 1. The van der Waals surface area contributed by atoms with E-state index in [9.17, 15) is 4.79 Å². The first-order valence-electron chi connectivity index (χ1n) is 11.5. The fraction of sp³-hybridized carbons (Fsp3) is 0.440. The molecule has 172 valence electrons. The second-order valence-electron chi connectivity index (χ2n) is 9.91. The van der Waals surface area contributed by atoms with Crippen molar-refractivity contribution in [3.63, 3.8) is 0 Å². The van der Waals surface area contributed by atoms with Crippen molar-refractivity contribution in [2.75, 3.05) is 13.7 Å². The van der Waals surface area contributed by atoms with E-state index < -0.39 is 0 Å². The van der Waals surface area contributed by atoms with Crippen LogP contribution in [-0.4, -0.2) is 52.9 Å². The van der Waals surface area contributed by atoms with Gasteiger partial charge in [0.15, 0.2) is 0 Å². The maximum absolute atomic E-state index is 12.1. The van der Waals surface area contributed by atoms with E-state index in [1.807, 2.05) is 6.20 Å². The molecular weight excluding hydrogens is 417 g/mol. The predicted octanol–water partition coefficient (Wildman–Crippen LogP) is 4.43. The number of aromatic nitrogens is 2. The van der Waals surface area contributed by atoms with Crippen molar-refractivity contribution in [2.45, 2.75) is 57.8 Å². The van der Waals surface area contributed by atoms with Crippen molar-refractivity contribution >= 4 is 29.4 Å². The summed E-state index contributed by atoms with van der Waals surface area (Å²) >= 11 is 0. The van der Waals surface area contributed by atoms with Gasteiger partial charge in [0.05, 0.1) is 36.2 Å². The van der Waals surface area contributed by atoms with Crippen LogP contribution in [0.1, 0.15) is 52.4 Å². The number of rotatable bonds is 3. The van der Waals surface area contributed by atoms with Gasteiger partial charge < -0.3 is 19.0 Å². The van der Waals surface area contributed by atoms with Crippen LogP contribution in [0.3, 0.4) is 0 Å². The van der Waals surface area contributed by atoms with Gasteiger partial charge in [-0.05, 0) is 62.8 Å². The number of imidazole rings is 1. The summed E-state index contributed by atoms with van der Waals surface area (Å²) in [4.78, 5) is 21.8. The maximum atomic E-state index is 12.1. The summed E-state index contributed by atoms with van der Waals surface area (Å²) in [6.07, 6.45) is 3.35. The van der Waals surface area contributed by atoms with E-state index in [1.54, 1.807) is 4.90 Å². The van der Waals surface area contributed by atoms with E-state index in [1.165, 1.54) is 7.11 Å². The van der Waals surface area contributed by atoms with E-state index in [4.69, 9.17) is 14.0 Å². The summed E-state index contributed by atoms with van der Waals surface area (Å²) in [5.41, 5.74) is 2.27. The Morgan fingerprint density at radius 2 is 1.82 bits per heavy atom. The molecule has 2 fully saturated rings. The van der Waals surface area contributed by atoms with Crippen LogP contribution in [-0.2, 0) is 14.0 Å². The molecule has 33 heavy (non-hydrogen) atoms. The second-order valence-corrected chi connectivity index (χ2v) is 9.91. The van der Waals surface area contributed by atoms with Crippen LogP contribution in [0.2, 0.25) is 0 Å². The highest BCUT2D eigenvalue weighted by Crippen LogP contribution is 2.37. The van der Waals surface area contributed by atoms with Gasteiger partial charge in [-0.1, -0.05) is 30.3 Å². The number of nitrogens with zero attached hydrogens (tertiary/aromatic N) is 2. The highest BCUT2D eigenvalue weighted by molar-refractivity contribution is 6.62. The zero-order valence-electron chi connectivity index (χ0n) is 19.8. The molecule has 0 radical (unpaired) electrons. The van der Waals surface area contributed by atoms with Crippen molar-refractivity contribution in [2.24, 2.45) is 0 Å². The van der Waals surface area contributed by atoms with Crippen molar-refractivity contribution < 1.29 is 18.8 Å². The molecule has 2 aliphatic heterocycles. The summed E-state index contributed by atoms with van der Waals surface area (Å²) in [6.45, 7) is 8.95. The van der Waals surface area contributed by atoms with Gasteiger partial charge in [0, 0.05) is 12.1 Å². The van der Waals surface area contributed by atoms with Crippen molar-refractivity contribution in [1.29, 1.82) is 0 Å². The average molecular weight is 447 g/mol. The zero-order chi connectivity index (χ0) is 23.4. The van der Waals surface area contributed by atoms with Crippen LogP contribution in [0.4, 0.5) is 4.79 Å². The molecule has 1 amide bonds. The van der Waals surface area contributed by atoms with Crippen LogP contribution < -0.4 is 5.46 Å². The quantitative estimate of drug-likeness (QED) is 0.601. The van der Waals surface area contributed by atoms with E-state index >= 15 is 0 Å². The molecule has 3 aromatic rings. The molecule has 0 spiro atoms. The van der Waals surface area contributed by atoms with Gasteiger partial charge in [0.2, 0.25) is 0 Å². The first kappa shape index (κ1) is 22.0. The Bertz CT molecular complexity index is 1190. The molecule has 3 heterocycles. The Hall–Kier alpha value is -2.84. The molecule has 5 rings (SSSR count). The molecule has 0 bridgehead atoms. The number of hydrogen-bond acceptors (Lipinski definition) is 5. The standard InChI is InChI=1S/C25H30BN3O4/c1-24(2)25(3,4)33-26(32-24)19-11-10-16-13-18(9-8-17(16)14-19)20-15-27-22(28-20)21-7-6-12-29(21)23(30)31-5/h8-11,13-15,21H,6-7,12H2,1-5H3,(H,27,28). The van der Waals surface area contributed by atoms with Crippen LogP contribution in [0, 0.1) is 0 Å². The molecule has 7 nitrogen and oxygen atoms in total. The summed E-state index contributed by atoms with van der Waals surface area (Å²) in [5.74, 6) is 0.795. The third-order valence-corrected chi connectivity index (χ3v) is 7.27. The van der Waals surface area contributed by atoms with Gasteiger partial charge in [-0.25, -0.2) is 9.78 Å². The minimum absolute atomic E-state index is 0.0749. The van der Waals surface area contributed by atoms with Crippen molar-refractivity contribution in [3.8, 4) is 11.3 Å². The van der Waals surface area contributed by atoms with Gasteiger partial charge in [0.25, 0.3) is 0 Å². The zero-order valence-corrected chi connectivity index (χ0v) is 19.8. The number of methoxy groups -OCH3 is 1. The number of nitrogens with one attached hydrogen (secondary N) is 1. The number of amides is 1. The minimum Gasteiger partial charge on any atom is -0.453 e. The van der Waals surface area contributed by atoms with Crippen LogP contribution in [0.5, 0.6) is 0 Å². The molecule has 2 aromatic carbocycles. The normalized spacial score (nSPS) is 21.7. The first-order valence-corrected chi connectivity index (χ1v) is 11.5. The van der Waals surface area contributed by atoms with Crippen LogP contribution in [0.25, 0.3) is 22.0 Å². The summed E-state index contributed by atoms with van der Waals surface area (Å²) in [5, 5.41) is 2.25. The highest BCUT2D eigenvalue weighted by atomic mass is 16.7. The fourth-order valence-electron chi connectivity index (χ4n) is 4.60. The van der Waals surface area contributed by atoms with E-state index in [0.717, 1.165) is 46.2 Å². The summed E-state index contributed by atoms with van der Waals surface area (Å²) in [6, 6.07) is 12.6. The lowest BCUT2D eigenvalue weighted by molar-refractivity contribution is 0.00578. The summed E-state index contributed by atoms with van der Waals surface area (Å²) in [7, 11) is 1.04. The molecule has 1 N–H and O–H groups in total. The Morgan fingerprint density at radius 1 is 1.12 bits per heavy atom. The maximum Gasteiger partial charge on any atom is 0.494 e. The van der Waals surface area contributed by atoms with Gasteiger partial charge >= 0.3 is 13.2 Å². The van der Waals surface area contributed by atoms with Gasteiger partial charge in [-0.15, -0.1) is 0 Å². The molecule has 1 atom stereocenters. The third-order valence-electron chi connectivity index (χ3n) is 7.27. The van der Waals surface area contributed by atoms with Gasteiger partial charge in [-0.3, -0.25) is 4.90 Å². The number of aromatic amines is 1. The van der Waals surface area contributed by atoms with E-state index in [2.05, 4.69) is 74.1 Å². The van der Waals surface area contributed by atoms with Gasteiger partial charge in [-0.2, -0.15) is 0 Å². The lowest BCUT2D eigenvalue weighted by atomic mass is 9.78. The smallest absolute Gasteiger partial charge is 0.453 e. The second kappa shape index (κ2) is 7.89. The summed E-state index contributed by atoms with van der Waals surface area (Å²) < 4.78 is 17.3. The molecule has 1 aromatic heterocycles. The Labute approximate surface area is 194 Å². The molecule has 2 saturated heterocycles. The molecule has 2 aliphatic rings. The number of carbonyl (C=O) groups is 1. The SMILES string of the molecule is COC(=O)N1CCCC1c1ncc(-c2ccc3cc(B4OC(C)(C)C(C)(C)O4)ccc3c2)[nH]1. The fourth-order valence-corrected chi connectivity index (χ4v) is 4.60. The Kier molecular flexibility index (Phi) is 5.25. The monoisotopic (exact) mass is 447 g/mol. The average Bonchev–Trinajstić information content (AvgIpc) is 3.50. The van der Waals surface area contributed by atoms with E-state index in [0.29, 0.717) is 6.54 Å². The Morgan fingerprint density at radius 3 is 2.55 bits per heavy atom. The molecular formula is C25H30BN3O4. The lowest BCUT2D eigenvalue weighted by Crippen LogP contribution is -2.41. The largest absolute Gasteiger partial charge is 0.494 e. The molecule has 1 unspecified atom stereocenters. The number of fused-ring (bicyclic) bond motifs is 1. The molecule has 0 aliphatic carbocycles. The first-order chi connectivity index (χ1) is 15.7. The number of benzene rings is 2. The minimum atomic E-state index is -0.376. The van der Waals surface area contributed by atoms with E-state index in [-0.39, 0.29) is 30.5 Å². The predicted molar refractivity (Wildman–Crippen MR) is 128 cm³/mol. The van der Waals surface area contributed by atoms with Gasteiger partial charge in [0.1, 0.15) is 5.82 Å². The third kappa shape index (κ3) is 3.81. The lowest BCUT2D eigenvalue weighted by Gasteiger charge is -2.32. The number of likely N-dealkylation sites (tertiary alicyclic amines) is 1. The van der Waals surface area contributed by atoms with Crippen molar-refractivity contribution in [1.82, 2.24) is 14.9 Å². The Balaban J connectivity index is 1.39. The topological polar surface area (TPSA) is 76.7 Å². The number of carbonyl (C=O) groups excluding carboxylic acids is 1. The van der Waals surface area contributed by atoms with Crippen LogP contribution >= 0.6 is 0 Å². The van der Waals surface area contributed by atoms with Crippen LogP contribution in [0.15, 0.2) is 42.6 Å². The number of ether oxygens (including phenoxy) is 1. The number of H-pyrrole nitrogens is 1. The molecule has 0 saturated carbocycles. The highest BCUT2D eigenvalue weighted by Gasteiger charge is 2.51. The molecule has 8 heteroatoms.